The van der Waals surface area contributed by atoms with Crippen LogP contribution in [-0.2, 0) is 29.0 Å². The molecule has 5 aromatic rings. The summed E-state index contributed by atoms with van der Waals surface area (Å²) in [6, 6.07) is 21.9. The second-order valence-corrected chi connectivity index (χ2v) is 11.1. The van der Waals surface area contributed by atoms with Crippen LogP contribution in [0.3, 0.4) is 0 Å². The molecule has 3 aromatic carbocycles. The number of halogens is 2. The number of pyridine rings is 1. The Labute approximate surface area is 242 Å². The number of aromatic nitrogens is 3. The van der Waals surface area contributed by atoms with Gasteiger partial charge in [-0.3, -0.25) is 0 Å². The summed E-state index contributed by atoms with van der Waals surface area (Å²) in [5.41, 5.74) is 6.25. The highest BCUT2D eigenvalue weighted by molar-refractivity contribution is 5.77. The third-order valence-corrected chi connectivity index (χ3v) is 8.15. The second kappa shape index (κ2) is 11.3. The Kier molecular flexibility index (Phi) is 7.17. The molecule has 2 fully saturated rings. The smallest absolute Gasteiger partial charge is 0.214 e. The lowest BCUT2D eigenvalue weighted by molar-refractivity contribution is -0.0589. The normalized spacial score (nSPS) is 16.8. The Morgan fingerprint density at radius 2 is 1.76 bits per heavy atom. The van der Waals surface area contributed by atoms with Gasteiger partial charge in [0.15, 0.2) is 0 Å². The van der Waals surface area contributed by atoms with Crippen LogP contribution in [0.2, 0.25) is 0 Å². The molecule has 0 spiro atoms. The van der Waals surface area contributed by atoms with Crippen molar-refractivity contribution in [2.75, 3.05) is 19.8 Å². The van der Waals surface area contributed by atoms with Crippen molar-refractivity contribution in [3.8, 4) is 17.1 Å². The second-order valence-electron chi connectivity index (χ2n) is 11.1. The van der Waals surface area contributed by atoms with E-state index in [2.05, 4.69) is 22.5 Å². The zero-order chi connectivity index (χ0) is 28.6. The molecule has 42 heavy (non-hydrogen) atoms. The summed E-state index contributed by atoms with van der Waals surface area (Å²) in [5.74, 6) is 0.779. The molecule has 214 valence electrons. The lowest BCUT2D eigenvalue weighted by atomic mass is 9.96. The van der Waals surface area contributed by atoms with E-state index in [0.29, 0.717) is 54.4 Å². The molecule has 6 nitrogen and oxygen atoms in total. The van der Waals surface area contributed by atoms with E-state index in [-0.39, 0.29) is 30.3 Å². The van der Waals surface area contributed by atoms with Gasteiger partial charge in [0.25, 0.3) is 0 Å². The van der Waals surface area contributed by atoms with Crippen LogP contribution in [0.15, 0.2) is 72.8 Å². The summed E-state index contributed by atoms with van der Waals surface area (Å²) in [6.45, 7) is 4.85. The van der Waals surface area contributed by atoms with Crippen molar-refractivity contribution in [2.24, 2.45) is 0 Å². The SMILES string of the molecule is Cc1ccc2nc(Cc3ccc(-c4cccc(OCc5ccc(C6COC6)cc5F)n4)cc3F)n(C[C@@H]3CCO3)c2c1. The van der Waals surface area contributed by atoms with Crippen molar-refractivity contribution in [3.05, 3.63) is 113 Å². The van der Waals surface area contributed by atoms with Crippen LogP contribution in [0.4, 0.5) is 8.78 Å². The topological polar surface area (TPSA) is 58.4 Å². The first kappa shape index (κ1) is 26.7. The monoisotopic (exact) mass is 567 g/mol. The van der Waals surface area contributed by atoms with Gasteiger partial charge in [0.05, 0.1) is 42.6 Å². The highest BCUT2D eigenvalue weighted by Gasteiger charge is 2.23. The van der Waals surface area contributed by atoms with E-state index in [0.717, 1.165) is 41.0 Å². The average Bonchev–Trinajstić information content (AvgIpc) is 3.26. The fourth-order valence-electron chi connectivity index (χ4n) is 5.44. The van der Waals surface area contributed by atoms with Crippen molar-refractivity contribution in [3.63, 3.8) is 0 Å². The maximum absolute atomic E-state index is 15.5. The number of rotatable bonds is 9. The lowest BCUT2D eigenvalue weighted by Crippen LogP contribution is -2.31. The molecule has 7 rings (SSSR count). The maximum atomic E-state index is 15.5. The van der Waals surface area contributed by atoms with Crippen LogP contribution in [0.1, 0.15) is 40.4 Å². The van der Waals surface area contributed by atoms with E-state index in [4.69, 9.17) is 19.2 Å². The van der Waals surface area contributed by atoms with Crippen molar-refractivity contribution in [1.29, 1.82) is 0 Å². The van der Waals surface area contributed by atoms with Gasteiger partial charge in [0.2, 0.25) is 5.88 Å². The Bertz CT molecular complexity index is 1760. The molecule has 0 unspecified atom stereocenters. The minimum atomic E-state index is -0.325. The van der Waals surface area contributed by atoms with Gasteiger partial charge in [-0.15, -0.1) is 0 Å². The van der Waals surface area contributed by atoms with Crippen molar-refractivity contribution in [1.82, 2.24) is 14.5 Å². The van der Waals surface area contributed by atoms with Crippen molar-refractivity contribution < 1.29 is 23.0 Å². The standard InChI is InChI=1S/C34H31F2N3O3/c1-21-5-10-31-32(13-21)39(17-27-11-12-41-27)33(37-31)16-23-7-8-24(15-28(23)35)30-3-2-4-34(38-30)42-20-25-9-6-22(14-29(25)36)26-18-40-19-26/h2-10,13-15,26-27H,11-12,16-20H2,1H3/t27-/m0/s1. The molecule has 2 aromatic heterocycles. The summed E-state index contributed by atoms with van der Waals surface area (Å²) in [6.07, 6.45) is 1.54. The molecule has 0 N–H and O–H groups in total. The van der Waals surface area contributed by atoms with E-state index in [9.17, 15) is 4.39 Å². The third-order valence-electron chi connectivity index (χ3n) is 8.15. The third kappa shape index (κ3) is 5.40. The predicted molar refractivity (Wildman–Crippen MR) is 156 cm³/mol. The minimum Gasteiger partial charge on any atom is -0.473 e. The molecule has 8 heteroatoms. The fourth-order valence-corrected chi connectivity index (χ4v) is 5.44. The van der Waals surface area contributed by atoms with Crippen molar-refractivity contribution >= 4 is 11.0 Å². The van der Waals surface area contributed by atoms with E-state index in [1.165, 1.54) is 6.07 Å². The Hall–Kier alpha value is -4.14. The number of hydrogen-bond acceptors (Lipinski definition) is 5. The number of aryl methyl sites for hydroxylation is 1. The number of fused-ring (bicyclic) bond motifs is 1. The van der Waals surface area contributed by atoms with Crippen molar-refractivity contribution in [2.45, 2.75) is 44.9 Å². The number of benzene rings is 3. The van der Waals surface area contributed by atoms with Crippen LogP contribution in [0.25, 0.3) is 22.3 Å². The van der Waals surface area contributed by atoms with E-state index in [1.807, 2.05) is 24.3 Å². The first-order valence-electron chi connectivity index (χ1n) is 14.3. The first-order valence-corrected chi connectivity index (χ1v) is 14.3. The molecule has 2 aliphatic heterocycles. The number of hydrogen-bond donors (Lipinski definition) is 0. The fraction of sp³-hybridized carbons (Fsp3) is 0.294. The van der Waals surface area contributed by atoms with Crippen LogP contribution in [0, 0.1) is 18.6 Å². The lowest BCUT2D eigenvalue weighted by Gasteiger charge is -2.27. The van der Waals surface area contributed by atoms with Gasteiger partial charge < -0.3 is 18.8 Å². The van der Waals surface area contributed by atoms with E-state index >= 15 is 4.39 Å². The highest BCUT2D eigenvalue weighted by atomic mass is 19.1. The molecule has 2 aliphatic rings. The quantitative estimate of drug-likeness (QED) is 0.197. The molecule has 0 amide bonds. The Balaban J connectivity index is 1.08. The zero-order valence-electron chi connectivity index (χ0n) is 23.4. The molecule has 0 radical (unpaired) electrons. The van der Waals surface area contributed by atoms with Crippen LogP contribution >= 0.6 is 0 Å². The summed E-state index contributed by atoms with van der Waals surface area (Å²) in [4.78, 5) is 9.40. The molecular formula is C34H31F2N3O3. The largest absolute Gasteiger partial charge is 0.473 e. The van der Waals surface area contributed by atoms with E-state index in [1.54, 1.807) is 36.4 Å². The highest BCUT2D eigenvalue weighted by Crippen LogP contribution is 2.28. The van der Waals surface area contributed by atoms with Crippen LogP contribution in [-0.4, -0.2) is 40.5 Å². The predicted octanol–water partition coefficient (Wildman–Crippen LogP) is 6.76. The zero-order valence-corrected chi connectivity index (χ0v) is 23.4. The molecule has 0 aliphatic carbocycles. The van der Waals surface area contributed by atoms with Gasteiger partial charge >= 0.3 is 0 Å². The molecule has 1 atom stereocenters. The Morgan fingerprint density at radius 1 is 0.929 bits per heavy atom. The van der Waals surface area contributed by atoms with Crippen LogP contribution in [0.5, 0.6) is 5.88 Å². The number of nitrogens with zero attached hydrogens (tertiary/aromatic N) is 3. The molecule has 2 saturated heterocycles. The van der Waals surface area contributed by atoms with E-state index < -0.39 is 0 Å². The summed E-state index contributed by atoms with van der Waals surface area (Å²) < 4.78 is 49.0. The van der Waals surface area contributed by atoms with Gasteiger partial charge in [-0.25, -0.2) is 18.7 Å². The van der Waals surface area contributed by atoms with Gasteiger partial charge in [0.1, 0.15) is 24.1 Å². The molecule has 0 saturated carbocycles. The van der Waals surface area contributed by atoms with Gasteiger partial charge in [-0.1, -0.05) is 36.4 Å². The molecule has 4 heterocycles. The maximum Gasteiger partial charge on any atom is 0.214 e. The average molecular weight is 568 g/mol. The van der Waals surface area contributed by atoms with Crippen LogP contribution < -0.4 is 4.74 Å². The van der Waals surface area contributed by atoms with Gasteiger partial charge in [-0.2, -0.15) is 0 Å². The summed E-state index contributed by atoms with van der Waals surface area (Å²) >= 11 is 0. The van der Waals surface area contributed by atoms with Gasteiger partial charge in [0, 0.05) is 36.1 Å². The summed E-state index contributed by atoms with van der Waals surface area (Å²) in [7, 11) is 0. The Morgan fingerprint density at radius 3 is 2.50 bits per heavy atom. The first-order chi connectivity index (χ1) is 20.5. The van der Waals surface area contributed by atoms with Gasteiger partial charge in [-0.05, 0) is 60.4 Å². The molecule has 0 bridgehead atoms. The summed E-state index contributed by atoms with van der Waals surface area (Å²) in [5, 5.41) is 0. The molecular weight excluding hydrogens is 536 g/mol. The number of imidazole rings is 1. The minimum absolute atomic E-state index is 0.0451. The number of ether oxygens (including phenoxy) is 3.